The van der Waals surface area contributed by atoms with Crippen molar-refractivity contribution in [3.05, 3.63) is 101 Å². The van der Waals surface area contributed by atoms with Gasteiger partial charge in [-0.15, -0.1) is 0 Å². The minimum absolute atomic E-state index is 0.666. The van der Waals surface area contributed by atoms with Crippen LogP contribution < -0.4 is 28.4 Å². The SMILES string of the molecule is COc1cccc(CCc2ccc(OC)c(Oc3cc(CCc4ccc(OC)c(OC)c4)cc(OC)c3)c2)c1. The summed E-state index contributed by atoms with van der Waals surface area (Å²) in [4.78, 5) is 0. The topological polar surface area (TPSA) is 55.4 Å². The summed E-state index contributed by atoms with van der Waals surface area (Å²) in [6.45, 7) is 0. The highest BCUT2D eigenvalue weighted by Crippen LogP contribution is 2.35. The van der Waals surface area contributed by atoms with Crippen molar-refractivity contribution in [3.63, 3.8) is 0 Å². The van der Waals surface area contributed by atoms with Gasteiger partial charge >= 0.3 is 0 Å². The van der Waals surface area contributed by atoms with Crippen LogP contribution in [0.3, 0.4) is 0 Å². The molecule has 0 N–H and O–H groups in total. The third kappa shape index (κ3) is 7.38. The quantitative estimate of drug-likeness (QED) is 0.185. The number of hydrogen-bond acceptors (Lipinski definition) is 6. The average molecular weight is 529 g/mol. The standard InChI is InChI=1S/C33H36O6/c1-34-27-8-6-7-23(17-27)9-10-25-14-16-31(37-4)33(21-25)39-29-19-26(18-28(22-29)35-2)12-11-24-13-15-30(36-3)32(20-24)38-5/h6-8,13-22H,9-12H2,1-5H3. The summed E-state index contributed by atoms with van der Waals surface area (Å²) in [5.41, 5.74) is 4.64. The van der Waals surface area contributed by atoms with E-state index in [9.17, 15) is 0 Å². The Hall–Kier alpha value is -4.32. The lowest BCUT2D eigenvalue weighted by atomic mass is 10.0. The minimum Gasteiger partial charge on any atom is -0.497 e. The van der Waals surface area contributed by atoms with Crippen LogP contribution in [0.4, 0.5) is 0 Å². The lowest BCUT2D eigenvalue weighted by molar-refractivity contribution is 0.354. The maximum atomic E-state index is 6.37. The monoisotopic (exact) mass is 528 g/mol. The van der Waals surface area contributed by atoms with Gasteiger partial charge in [0.2, 0.25) is 0 Å². The van der Waals surface area contributed by atoms with E-state index in [1.807, 2.05) is 54.6 Å². The van der Waals surface area contributed by atoms with Gasteiger partial charge in [-0.3, -0.25) is 0 Å². The third-order valence-electron chi connectivity index (χ3n) is 6.62. The summed E-state index contributed by atoms with van der Waals surface area (Å²) in [6, 6.07) is 26.2. The van der Waals surface area contributed by atoms with Crippen LogP contribution in [0.1, 0.15) is 22.3 Å². The van der Waals surface area contributed by atoms with Gasteiger partial charge in [0.15, 0.2) is 23.0 Å². The van der Waals surface area contributed by atoms with Crippen molar-refractivity contribution < 1.29 is 28.4 Å². The maximum absolute atomic E-state index is 6.37. The van der Waals surface area contributed by atoms with E-state index in [0.29, 0.717) is 17.2 Å². The molecule has 0 spiro atoms. The molecule has 0 amide bonds. The molecule has 0 fully saturated rings. The summed E-state index contributed by atoms with van der Waals surface area (Å²) < 4.78 is 33.7. The van der Waals surface area contributed by atoms with Crippen LogP contribution in [0, 0.1) is 0 Å². The lowest BCUT2D eigenvalue weighted by Gasteiger charge is -2.15. The van der Waals surface area contributed by atoms with Gasteiger partial charge in [-0.1, -0.05) is 24.3 Å². The van der Waals surface area contributed by atoms with Crippen LogP contribution in [0.15, 0.2) is 78.9 Å². The molecule has 0 bridgehead atoms. The molecule has 6 heteroatoms. The fraction of sp³-hybridized carbons (Fsp3) is 0.273. The van der Waals surface area contributed by atoms with Gasteiger partial charge in [0.25, 0.3) is 0 Å². The highest BCUT2D eigenvalue weighted by Gasteiger charge is 2.11. The molecule has 0 unspecified atom stereocenters. The molecule has 0 aliphatic carbocycles. The summed E-state index contributed by atoms with van der Waals surface area (Å²) in [6.07, 6.45) is 3.39. The average Bonchev–Trinajstić information content (AvgIpc) is 2.98. The first-order valence-corrected chi connectivity index (χ1v) is 12.9. The largest absolute Gasteiger partial charge is 0.497 e. The van der Waals surface area contributed by atoms with E-state index in [4.69, 9.17) is 28.4 Å². The number of aryl methyl sites for hydroxylation is 4. The van der Waals surface area contributed by atoms with E-state index in [1.165, 1.54) is 5.56 Å². The van der Waals surface area contributed by atoms with Gasteiger partial charge in [0.05, 0.1) is 35.5 Å². The molecule has 0 saturated carbocycles. The van der Waals surface area contributed by atoms with Gasteiger partial charge < -0.3 is 28.4 Å². The van der Waals surface area contributed by atoms with E-state index in [2.05, 4.69) is 24.3 Å². The second kappa shape index (κ2) is 13.5. The van der Waals surface area contributed by atoms with Gasteiger partial charge in [-0.05, 0) is 96.5 Å². The molecule has 39 heavy (non-hydrogen) atoms. The van der Waals surface area contributed by atoms with Crippen LogP contribution in [-0.2, 0) is 25.7 Å². The van der Waals surface area contributed by atoms with Crippen molar-refractivity contribution in [2.45, 2.75) is 25.7 Å². The molecular formula is C33H36O6. The van der Waals surface area contributed by atoms with Gasteiger partial charge in [-0.25, -0.2) is 0 Å². The van der Waals surface area contributed by atoms with Crippen molar-refractivity contribution in [1.82, 2.24) is 0 Å². The Bertz CT molecular complexity index is 1380. The van der Waals surface area contributed by atoms with E-state index < -0.39 is 0 Å². The summed E-state index contributed by atoms with van der Waals surface area (Å²) in [5.74, 6) is 5.09. The second-order valence-electron chi connectivity index (χ2n) is 9.14. The Balaban J connectivity index is 1.50. The van der Waals surface area contributed by atoms with Crippen LogP contribution in [-0.4, -0.2) is 35.5 Å². The first-order valence-electron chi connectivity index (χ1n) is 12.9. The second-order valence-corrected chi connectivity index (χ2v) is 9.14. The number of methoxy groups -OCH3 is 5. The zero-order chi connectivity index (χ0) is 27.6. The summed E-state index contributed by atoms with van der Waals surface area (Å²) in [7, 11) is 8.29. The van der Waals surface area contributed by atoms with Crippen LogP contribution in [0.25, 0.3) is 0 Å². The molecule has 0 aliphatic rings. The normalized spacial score (nSPS) is 10.6. The molecule has 0 aromatic heterocycles. The highest BCUT2D eigenvalue weighted by molar-refractivity contribution is 5.48. The number of hydrogen-bond donors (Lipinski definition) is 0. The zero-order valence-corrected chi connectivity index (χ0v) is 23.3. The van der Waals surface area contributed by atoms with Crippen molar-refractivity contribution in [1.29, 1.82) is 0 Å². The molecule has 4 rings (SSSR count). The molecule has 6 nitrogen and oxygen atoms in total. The molecule has 0 radical (unpaired) electrons. The van der Waals surface area contributed by atoms with Crippen molar-refractivity contribution in [2.24, 2.45) is 0 Å². The number of benzene rings is 4. The Morgan fingerprint density at radius 1 is 0.385 bits per heavy atom. The first-order chi connectivity index (χ1) is 19.0. The fourth-order valence-electron chi connectivity index (χ4n) is 4.48. The van der Waals surface area contributed by atoms with E-state index in [1.54, 1.807) is 35.5 Å². The van der Waals surface area contributed by atoms with E-state index in [0.717, 1.165) is 65.4 Å². The molecular weight excluding hydrogens is 492 g/mol. The van der Waals surface area contributed by atoms with Crippen LogP contribution in [0.5, 0.6) is 40.2 Å². The number of ether oxygens (including phenoxy) is 6. The van der Waals surface area contributed by atoms with Gasteiger partial charge in [0.1, 0.15) is 17.2 Å². The predicted octanol–water partition coefficient (Wildman–Crippen LogP) is 7.09. The molecule has 0 heterocycles. The number of rotatable bonds is 13. The molecule has 4 aromatic carbocycles. The summed E-state index contributed by atoms with van der Waals surface area (Å²) in [5, 5.41) is 0. The Kier molecular flexibility index (Phi) is 9.57. The van der Waals surface area contributed by atoms with Crippen LogP contribution in [0.2, 0.25) is 0 Å². The molecule has 0 aliphatic heterocycles. The Labute approximate surface area is 231 Å². The highest BCUT2D eigenvalue weighted by atomic mass is 16.5. The fourth-order valence-corrected chi connectivity index (χ4v) is 4.48. The van der Waals surface area contributed by atoms with E-state index in [-0.39, 0.29) is 0 Å². The van der Waals surface area contributed by atoms with Gasteiger partial charge in [-0.2, -0.15) is 0 Å². The maximum Gasteiger partial charge on any atom is 0.169 e. The third-order valence-corrected chi connectivity index (χ3v) is 6.62. The minimum atomic E-state index is 0.666. The van der Waals surface area contributed by atoms with Crippen LogP contribution >= 0.6 is 0 Å². The van der Waals surface area contributed by atoms with E-state index >= 15 is 0 Å². The Morgan fingerprint density at radius 2 is 0.897 bits per heavy atom. The van der Waals surface area contributed by atoms with Gasteiger partial charge in [0, 0.05) is 6.07 Å². The molecule has 0 saturated heterocycles. The smallest absolute Gasteiger partial charge is 0.169 e. The molecule has 4 aromatic rings. The molecule has 0 atom stereocenters. The Morgan fingerprint density at radius 3 is 1.51 bits per heavy atom. The molecule has 204 valence electrons. The first kappa shape index (κ1) is 27.7. The lowest BCUT2D eigenvalue weighted by Crippen LogP contribution is -1.98. The van der Waals surface area contributed by atoms with Crippen molar-refractivity contribution >= 4 is 0 Å². The van der Waals surface area contributed by atoms with Crippen molar-refractivity contribution in [2.75, 3.05) is 35.5 Å². The summed E-state index contributed by atoms with van der Waals surface area (Å²) >= 11 is 0. The zero-order valence-electron chi connectivity index (χ0n) is 23.3. The predicted molar refractivity (Wildman–Crippen MR) is 153 cm³/mol. The van der Waals surface area contributed by atoms with Crippen molar-refractivity contribution in [3.8, 4) is 40.2 Å².